The van der Waals surface area contributed by atoms with Crippen LogP contribution in [0.3, 0.4) is 0 Å². The number of fused-ring (bicyclic) bond motifs is 10. The molecule has 0 heterocycles. The Morgan fingerprint density at radius 2 is 0.419 bits per heavy atom. The van der Waals surface area contributed by atoms with Crippen LogP contribution in [-0.4, -0.2) is 14.2 Å². The summed E-state index contributed by atoms with van der Waals surface area (Å²) in [6.07, 6.45) is 0. The minimum Gasteiger partial charge on any atom is -0.496 e. The first-order valence-electron chi connectivity index (χ1n) is 48.8. The SMILES string of the molecule is CC(C)c1cc(C(C)C)c(-c2ccc3c(ccc4c5cc(-c6c(C(C)C)cc(C(C)C)cc6C(C)C)ccc5ccc34)c2)c(C(C)C)c1.CC(C)c1cc(C(C)C)c(-c2ccc3ccc4c5cc(-c6c(C(C)C)cc(C(C)C)cc6C(C)C)ccc5ccc4c3c2)c(C(C)C)c1.CC(C)c1cc(C(C)C)c(Br)c(C(C)C)c1.COc1cccc(OC)c1-c1ccccc1C. The van der Waals surface area contributed by atoms with Gasteiger partial charge in [-0.2, -0.15) is 0 Å². The highest BCUT2D eigenvalue weighted by atomic mass is 79.9. The van der Waals surface area contributed by atoms with Gasteiger partial charge in [0.05, 0.1) is 19.8 Å². The second-order valence-corrected chi connectivity index (χ2v) is 42.5. The fourth-order valence-corrected chi connectivity index (χ4v) is 20.5. The summed E-state index contributed by atoms with van der Waals surface area (Å²) in [6, 6.07) is 86.0. The molecule has 15 aromatic carbocycles. The molecule has 0 aliphatic rings. The predicted molar refractivity (Wildman–Crippen MR) is 575 cm³/mol. The molecule has 0 N–H and O–H groups in total. The van der Waals surface area contributed by atoms with Crippen molar-refractivity contribution in [2.75, 3.05) is 14.2 Å². The van der Waals surface area contributed by atoms with Crippen LogP contribution >= 0.6 is 15.9 Å². The van der Waals surface area contributed by atoms with Crippen LogP contribution in [0.4, 0.5) is 0 Å². The van der Waals surface area contributed by atoms with E-state index >= 15 is 0 Å². The molecule has 0 amide bonds. The Hall–Kier alpha value is -10.1. The van der Waals surface area contributed by atoms with Crippen molar-refractivity contribution in [2.45, 2.75) is 303 Å². The van der Waals surface area contributed by atoms with E-state index in [1.54, 1.807) is 14.2 Å². The second kappa shape index (κ2) is 41.6. The summed E-state index contributed by atoms with van der Waals surface area (Å²) in [7, 11) is 3.35. The van der Waals surface area contributed by atoms with E-state index in [2.05, 4.69) is 425 Å². The number of aryl methyl sites for hydroxylation is 1. The van der Waals surface area contributed by atoms with E-state index in [9.17, 15) is 0 Å². The molecule has 0 fully saturated rings. The fourth-order valence-electron chi connectivity index (χ4n) is 19.4. The lowest BCUT2D eigenvalue weighted by molar-refractivity contribution is 0.397. The van der Waals surface area contributed by atoms with Gasteiger partial charge in [-0.1, -0.05) is 412 Å². The third kappa shape index (κ3) is 21.0. The third-order valence-electron chi connectivity index (χ3n) is 27.3. The van der Waals surface area contributed by atoms with E-state index in [-0.39, 0.29) is 0 Å². The van der Waals surface area contributed by atoms with Crippen LogP contribution in [0.25, 0.3) is 120 Å². The molecule has 3 heteroatoms. The molecule has 129 heavy (non-hydrogen) atoms. The molecule has 0 bridgehead atoms. The summed E-state index contributed by atoms with van der Waals surface area (Å²) < 4.78 is 12.1. The van der Waals surface area contributed by atoms with E-state index in [0.717, 1.165) is 22.6 Å². The number of hydrogen-bond acceptors (Lipinski definition) is 2. The molecule has 0 aliphatic heterocycles. The van der Waals surface area contributed by atoms with Gasteiger partial charge in [-0.25, -0.2) is 0 Å². The molecule has 0 saturated carbocycles. The summed E-state index contributed by atoms with van der Waals surface area (Å²) in [4.78, 5) is 0. The van der Waals surface area contributed by atoms with Crippen molar-refractivity contribution >= 4 is 80.6 Å². The molecule has 15 rings (SSSR count). The Labute approximate surface area is 787 Å². The van der Waals surface area contributed by atoms with Gasteiger partial charge in [0, 0.05) is 4.47 Å². The molecule has 674 valence electrons. The standard InChI is InChI=1S/2C48H56.C15H23Br.C15H16O2/c1-27(2)37-23-41(29(5)6)47(42(24-37)30(7)8)35-15-13-33-17-20-40-39(45(33)21-35)19-18-34-14-16-36(22-46(34)40)48-43(31(9)10)25-38(28(3)4)26-44(48)32(11)12;1-27(2)37-23-42(29(5)6)47(43(24-37)30(7)8)35-17-18-39-34(21-35)16-20-41-40(39)19-15-33-13-14-36(22-46(33)41)48-44(31(9)10)25-38(28(3)4)26-45(48)32(11)12;1-9(2)12-7-13(10(3)4)15(16)14(8-12)11(5)6;1-11-7-4-5-8-12(11)15-13(16-2)9-6-10-14(15)17-3/h2*13-32H,1-12H3;7-11H,1-6H3;4-10H,1-3H3. The van der Waals surface area contributed by atoms with Crippen molar-refractivity contribution in [3.63, 3.8) is 0 Å². The highest BCUT2D eigenvalue weighted by Crippen LogP contribution is 2.49. The smallest absolute Gasteiger partial charge is 0.130 e. The van der Waals surface area contributed by atoms with Crippen molar-refractivity contribution in [2.24, 2.45) is 0 Å². The van der Waals surface area contributed by atoms with Gasteiger partial charge in [0.1, 0.15) is 11.5 Å². The zero-order valence-electron chi connectivity index (χ0n) is 84.7. The lowest BCUT2D eigenvalue weighted by Gasteiger charge is -2.24. The predicted octanol–water partition coefficient (Wildman–Crippen LogP) is 39.9. The maximum Gasteiger partial charge on any atom is 0.130 e. The summed E-state index contributed by atoms with van der Waals surface area (Å²) in [6.45, 7) is 71.7. The van der Waals surface area contributed by atoms with Gasteiger partial charge in [0.25, 0.3) is 0 Å². The van der Waals surface area contributed by atoms with Crippen LogP contribution in [0.2, 0.25) is 0 Å². The Bertz CT molecular complexity index is 6210. The minimum atomic E-state index is 0.447. The number of halogens is 1. The molecule has 0 radical (unpaired) electrons. The van der Waals surface area contributed by atoms with Crippen LogP contribution < -0.4 is 9.47 Å². The second-order valence-electron chi connectivity index (χ2n) is 41.7. The van der Waals surface area contributed by atoms with Crippen LogP contribution in [-0.2, 0) is 0 Å². The minimum absolute atomic E-state index is 0.447. The van der Waals surface area contributed by atoms with Gasteiger partial charge in [0.15, 0.2) is 0 Å². The van der Waals surface area contributed by atoms with Crippen molar-refractivity contribution in [1.82, 2.24) is 0 Å². The van der Waals surface area contributed by atoms with E-state index in [0.29, 0.717) is 88.8 Å². The van der Waals surface area contributed by atoms with Crippen molar-refractivity contribution in [3.8, 4) is 67.1 Å². The van der Waals surface area contributed by atoms with Crippen molar-refractivity contribution in [3.05, 3.63) is 318 Å². The van der Waals surface area contributed by atoms with E-state index in [4.69, 9.17) is 9.47 Å². The molecular formula is C126H151BrO2. The Morgan fingerprint density at radius 3 is 0.674 bits per heavy atom. The number of hydrogen-bond donors (Lipinski definition) is 0. The van der Waals surface area contributed by atoms with Gasteiger partial charge in [-0.15, -0.1) is 0 Å². The van der Waals surface area contributed by atoms with Gasteiger partial charge in [0.2, 0.25) is 0 Å². The lowest BCUT2D eigenvalue weighted by atomic mass is 9.81. The van der Waals surface area contributed by atoms with Crippen molar-refractivity contribution in [1.29, 1.82) is 0 Å². The zero-order valence-corrected chi connectivity index (χ0v) is 86.3. The quantitative estimate of drug-likeness (QED) is 0.0630. The first kappa shape index (κ1) is 98.0. The molecule has 0 aliphatic carbocycles. The number of benzene rings is 15. The van der Waals surface area contributed by atoms with Crippen LogP contribution in [0, 0.1) is 6.92 Å². The normalized spacial score (nSPS) is 12.1. The fraction of sp³-hybridized carbons (Fsp3) is 0.381. The van der Waals surface area contributed by atoms with Crippen LogP contribution in [0.1, 0.15) is 385 Å². The molecule has 2 nitrogen and oxygen atoms in total. The van der Waals surface area contributed by atoms with Crippen molar-refractivity contribution < 1.29 is 9.47 Å². The molecule has 15 aromatic rings. The zero-order chi connectivity index (χ0) is 93.9. The van der Waals surface area contributed by atoms with Crippen LogP contribution in [0.5, 0.6) is 11.5 Å². The number of methoxy groups -OCH3 is 2. The third-order valence-corrected chi connectivity index (χ3v) is 28.2. The molecular weight excluding hydrogens is 1630 g/mol. The highest BCUT2D eigenvalue weighted by Gasteiger charge is 2.27. The summed E-state index contributed by atoms with van der Waals surface area (Å²) in [5, 5.41) is 15.9. The molecule has 0 atom stereocenters. The maximum absolute atomic E-state index is 5.42. The molecule has 0 saturated heterocycles. The number of rotatable bonds is 22. The molecule has 0 spiro atoms. The van der Waals surface area contributed by atoms with E-state index < -0.39 is 0 Å². The van der Waals surface area contributed by atoms with Crippen LogP contribution in [0.15, 0.2) is 229 Å². The largest absolute Gasteiger partial charge is 0.496 e. The van der Waals surface area contributed by atoms with E-state index in [1.807, 2.05) is 30.3 Å². The molecule has 0 aromatic heterocycles. The summed E-state index contributed by atoms with van der Waals surface area (Å²) >= 11 is 3.77. The van der Waals surface area contributed by atoms with Gasteiger partial charge >= 0.3 is 0 Å². The Morgan fingerprint density at radius 1 is 0.194 bits per heavy atom. The maximum atomic E-state index is 5.42. The average Bonchev–Trinajstić information content (AvgIpc) is 0.759. The number of ether oxygens (including phenoxy) is 2. The topological polar surface area (TPSA) is 18.5 Å². The lowest BCUT2D eigenvalue weighted by Crippen LogP contribution is -2.03. The monoisotopic (exact) mass is 1780 g/mol. The highest BCUT2D eigenvalue weighted by molar-refractivity contribution is 9.10. The average molecular weight is 1780 g/mol. The first-order valence-corrected chi connectivity index (χ1v) is 49.5. The molecule has 0 unspecified atom stereocenters. The summed E-state index contributed by atoms with van der Waals surface area (Å²) in [5.74, 6) is 9.06. The summed E-state index contributed by atoms with van der Waals surface area (Å²) in [5.41, 5.74) is 36.2. The first-order chi connectivity index (χ1) is 61.1. The van der Waals surface area contributed by atoms with Gasteiger partial charge < -0.3 is 9.47 Å². The Kier molecular flexibility index (Phi) is 31.6. The van der Waals surface area contributed by atoms with Gasteiger partial charge in [-0.05, 0) is 336 Å². The Balaban J connectivity index is 0.000000173. The van der Waals surface area contributed by atoms with E-state index in [1.165, 1.54) is 203 Å². The van der Waals surface area contributed by atoms with Gasteiger partial charge in [-0.3, -0.25) is 0 Å².